The van der Waals surface area contributed by atoms with Crippen molar-refractivity contribution in [3.05, 3.63) is 252 Å². The van der Waals surface area contributed by atoms with Crippen LogP contribution in [-0.4, -0.2) is 0 Å². The second-order valence-corrected chi connectivity index (χ2v) is 18.4. The Hall–Kier alpha value is -7.68. The number of nitrogens with zero attached hydrogens (tertiary/aromatic N) is 2. The van der Waals surface area contributed by atoms with Crippen LogP contribution < -0.4 is 9.80 Å². The minimum atomic E-state index is -0.129. The first kappa shape index (κ1) is 41.1. The summed E-state index contributed by atoms with van der Waals surface area (Å²) >= 11 is 0. The van der Waals surface area contributed by atoms with E-state index >= 15 is 0 Å². The molecule has 0 saturated heterocycles. The van der Waals surface area contributed by atoms with Gasteiger partial charge in [0.2, 0.25) is 0 Å². The third kappa shape index (κ3) is 6.88. The van der Waals surface area contributed by atoms with Crippen LogP contribution >= 0.6 is 0 Å². The van der Waals surface area contributed by atoms with Crippen LogP contribution in [0.15, 0.2) is 218 Å². The summed E-state index contributed by atoms with van der Waals surface area (Å²) in [7, 11) is 0. The Morgan fingerprint density at radius 2 is 0.864 bits per heavy atom. The standard InChI is InChI=1S/C64H54N2/c1-5-64(6-2)58-42-46(34-39-54(58)55-41-38-52(44-59(55)64)65(50-22-12-8-13-23-50)51-24-14-9-15-25-51)31-30-45-32-35-47(36-33-45)49-37-40-53(48-20-10-7-11-21-48)62(43-49)66-60-28-18-16-26-56(60)63(3,4)57-27-17-19-29-61(57)66/h7-44H,5-6H2,1-4H3/b31-30+. The molecule has 0 saturated carbocycles. The summed E-state index contributed by atoms with van der Waals surface area (Å²) < 4.78 is 0. The zero-order chi connectivity index (χ0) is 44.8. The van der Waals surface area contributed by atoms with E-state index in [2.05, 4.69) is 268 Å². The van der Waals surface area contributed by atoms with Crippen molar-refractivity contribution in [3.8, 4) is 33.4 Å². The normalized spacial score (nSPS) is 14.0. The second-order valence-electron chi connectivity index (χ2n) is 18.4. The van der Waals surface area contributed by atoms with E-state index in [-0.39, 0.29) is 10.8 Å². The minimum absolute atomic E-state index is 0.0747. The maximum atomic E-state index is 2.49. The summed E-state index contributed by atoms with van der Waals surface area (Å²) in [5, 5.41) is 0. The van der Waals surface area contributed by atoms with Crippen molar-refractivity contribution in [1.82, 2.24) is 0 Å². The van der Waals surface area contributed by atoms with Gasteiger partial charge in [0.1, 0.15) is 0 Å². The molecule has 0 radical (unpaired) electrons. The Kier molecular flexibility index (Phi) is 10.4. The monoisotopic (exact) mass is 850 g/mol. The predicted octanol–water partition coefficient (Wildman–Crippen LogP) is 17.9. The smallest absolute Gasteiger partial charge is 0.0546 e. The van der Waals surface area contributed by atoms with Crippen LogP contribution in [-0.2, 0) is 10.8 Å². The molecule has 66 heavy (non-hydrogen) atoms. The van der Waals surface area contributed by atoms with Gasteiger partial charge in [0, 0.05) is 33.5 Å². The zero-order valence-electron chi connectivity index (χ0n) is 38.2. The van der Waals surface area contributed by atoms with E-state index in [0.717, 1.165) is 24.2 Å². The largest absolute Gasteiger partial charge is 0.310 e. The van der Waals surface area contributed by atoms with E-state index in [0.29, 0.717) is 0 Å². The van der Waals surface area contributed by atoms with Gasteiger partial charge < -0.3 is 9.80 Å². The van der Waals surface area contributed by atoms with Crippen molar-refractivity contribution >= 4 is 46.3 Å². The Morgan fingerprint density at radius 1 is 0.379 bits per heavy atom. The van der Waals surface area contributed by atoms with E-state index in [1.54, 1.807) is 0 Å². The molecule has 320 valence electrons. The van der Waals surface area contributed by atoms with E-state index in [9.17, 15) is 0 Å². The molecule has 0 atom stereocenters. The SMILES string of the molecule is CCC1(CC)c2cc(/C=C/c3ccc(-c4ccc(-c5ccccc5)c(N5c6ccccc6C(C)(C)c6ccccc65)c4)cc3)ccc2-c2ccc(N(c3ccccc3)c3ccccc3)cc21. The first-order valence-electron chi connectivity index (χ1n) is 23.5. The number of hydrogen-bond acceptors (Lipinski definition) is 2. The van der Waals surface area contributed by atoms with E-state index in [1.807, 2.05) is 0 Å². The summed E-state index contributed by atoms with van der Waals surface area (Å²) in [6.45, 7) is 9.41. The Balaban J connectivity index is 0.914. The molecule has 2 aliphatic rings. The van der Waals surface area contributed by atoms with Gasteiger partial charge in [-0.1, -0.05) is 204 Å². The lowest BCUT2D eigenvalue weighted by atomic mass is 9.73. The van der Waals surface area contributed by atoms with Gasteiger partial charge in [0.05, 0.1) is 17.1 Å². The first-order chi connectivity index (χ1) is 32.4. The molecular formula is C64H54N2. The molecule has 2 nitrogen and oxygen atoms in total. The Labute approximate surface area is 390 Å². The van der Waals surface area contributed by atoms with Crippen molar-refractivity contribution in [2.75, 3.05) is 9.80 Å². The van der Waals surface area contributed by atoms with Gasteiger partial charge in [0.25, 0.3) is 0 Å². The number of para-hydroxylation sites is 4. The van der Waals surface area contributed by atoms with Gasteiger partial charge in [0.15, 0.2) is 0 Å². The summed E-state index contributed by atoms with van der Waals surface area (Å²) in [5.41, 5.74) is 22.3. The minimum Gasteiger partial charge on any atom is -0.310 e. The van der Waals surface area contributed by atoms with Crippen LogP contribution in [0.4, 0.5) is 34.1 Å². The lowest BCUT2D eigenvalue weighted by molar-refractivity contribution is 0.490. The van der Waals surface area contributed by atoms with E-state index in [4.69, 9.17) is 0 Å². The van der Waals surface area contributed by atoms with Crippen molar-refractivity contribution in [2.24, 2.45) is 0 Å². The predicted molar refractivity (Wildman–Crippen MR) is 281 cm³/mol. The molecule has 9 aromatic carbocycles. The molecule has 0 fully saturated rings. The molecule has 0 N–H and O–H groups in total. The molecule has 0 bridgehead atoms. The maximum absolute atomic E-state index is 2.49. The number of anilines is 6. The van der Waals surface area contributed by atoms with Gasteiger partial charge in [-0.2, -0.15) is 0 Å². The number of fused-ring (bicyclic) bond motifs is 5. The van der Waals surface area contributed by atoms with Crippen molar-refractivity contribution < 1.29 is 0 Å². The van der Waals surface area contributed by atoms with Crippen LogP contribution in [0.2, 0.25) is 0 Å². The topological polar surface area (TPSA) is 6.48 Å². The lowest BCUT2D eigenvalue weighted by Crippen LogP contribution is -2.30. The highest BCUT2D eigenvalue weighted by Gasteiger charge is 2.41. The first-order valence-corrected chi connectivity index (χ1v) is 23.5. The summed E-state index contributed by atoms with van der Waals surface area (Å²) in [6, 6.07) is 80.3. The highest BCUT2D eigenvalue weighted by atomic mass is 15.2. The van der Waals surface area contributed by atoms with Crippen molar-refractivity contribution in [1.29, 1.82) is 0 Å². The Bertz CT molecular complexity index is 3140. The third-order valence-corrected chi connectivity index (χ3v) is 14.5. The van der Waals surface area contributed by atoms with Gasteiger partial charge in [-0.3, -0.25) is 0 Å². The molecule has 9 aromatic rings. The van der Waals surface area contributed by atoms with Crippen LogP contribution in [0.1, 0.15) is 73.9 Å². The third-order valence-electron chi connectivity index (χ3n) is 14.5. The van der Waals surface area contributed by atoms with Crippen LogP contribution in [0.3, 0.4) is 0 Å². The molecule has 1 aliphatic carbocycles. The zero-order valence-corrected chi connectivity index (χ0v) is 38.2. The highest BCUT2D eigenvalue weighted by molar-refractivity contribution is 5.95. The fourth-order valence-corrected chi connectivity index (χ4v) is 11.0. The van der Waals surface area contributed by atoms with E-state index < -0.39 is 0 Å². The summed E-state index contributed by atoms with van der Waals surface area (Å²) in [5.74, 6) is 0. The van der Waals surface area contributed by atoms with Gasteiger partial charge >= 0.3 is 0 Å². The van der Waals surface area contributed by atoms with Gasteiger partial charge in [-0.15, -0.1) is 0 Å². The average Bonchev–Trinajstić information content (AvgIpc) is 3.65. The maximum Gasteiger partial charge on any atom is 0.0546 e. The molecule has 0 unspecified atom stereocenters. The molecular weight excluding hydrogens is 797 g/mol. The quantitative estimate of drug-likeness (QED) is 0.127. The van der Waals surface area contributed by atoms with Crippen molar-refractivity contribution in [2.45, 2.75) is 51.4 Å². The number of rotatable bonds is 10. The van der Waals surface area contributed by atoms with Crippen LogP contribution in [0.5, 0.6) is 0 Å². The van der Waals surface area contributed by atoms with E-state index in [1.165, 1.54) is 89.5 Å². The molecule has 1 aliphatic heterocycles. The fourth-order valence-electron chi connectivity index (χ4n) is 11.0. The summed E-state index contributed by atoms with van der Waals surface area (Å²) in [4.78, 5) is 4.87. The number of benzene rings is 9. The molecule has 2 heteroatoms. The lowest BCUT2D eigenvalue weighted by Gasteiger charge is -2.42. The average molecular weight is 851 g/mol. The highest BCUT2D eigenvalue weighted by Crippen LogP contribution is 2.56. The molecule has 0 amide bonds. The van der Waals surface area contributed by atoms with Gasteiger partial charge in [-0.05, 0) is 129 Å². The van der Waals surface area contributed by atoms with Crippen molar-refractivity contribution in [3.63, 3.8) is 0 Å². The van der Waals surface area contributed by atoms with Gasteiger partial charge in [-0.25, -0.2) is 0 Å². The Morgan fingerprint density at radius 3 is 1.47 bits per heavy atom. The fraction of sp³-hybridized carbons (Fsp3) is 0.125. The number of hydrogen-bond donors (Lipinski definition) is 0. The van der Waals surface area contributed by atoms with Crippen LogP contribution in [0.25, 0.3) is 45.5 Å². The second kappa shape index (κ2) is 16.7. The van der Waals surface area contributed by atoms with Crippen LogP contribution in [0, 0.1) is 0 Å². The molecule has 11 rings (SSSR count). The molecule has 0 aromatic heterocycles. The molecule has 0 spiro atoms. The summed E-state index contributed by atoms with van der Waals surface area (Å²) in [6.07, 6.45) is 6.60. The molecule has 1 heterocycles.